The SMILES string of the molecule is CC(=N)/C=C(\O)c1cnc(NC(C)(C)C)nc1C(C)C. The third kappa shape index (κ3) is 4.64. The van der Waals surface area contributed by atoms with E-state index < -0.39 is 0 Å². The molecule has 0 radical (unpaired) electrons. The largest absolute Gasteiger partial charge is 0.507 e. The molecule has 1 rings (SSSR count). The molecule has 0 amide bonds. The molecule has 0 saturated heterocycles. The molecule has 5 nitrogen and oxygen atoms in total. The molecule has 1 aromatic heterocycles. The first kappa shape index (κ1) is 16.1. The molecule has 20 heavy (non-hydrogen) atoms. The summed E-state index contributed by atoms with van der Waals surface area (Å²) in [6, 6.07) is 0. The van der Waals surface area contributed by atoms with E-state index in [0.29, 0.717) is 11.5 Å². The maximum atomic E-state index is 10.1. The summed E-state index contributed by atoms with van der Waals surface area (Å²) < 4.78 is 0. The molecule has 0 unspecified atom stereocenters. The van der Waals surface area contributed by atoms with E-state index in [0.717, 1.165) is 5.69 Å². The van der Waals surface area contributed by atoms with E-state index >= 15 is 0 Å². The smallest absolute Gasteiger partial charge is 0.223 e. The Kier molecular flexibility index (Phi) is 4.87. The molecule has 0 aliphatic heterocycles. The van der Waals surface area contributed by atoms with Crippen molar-refractivity contribution >= 4 is 17.4 Å². The average Bonchev–Trinajstić information content (AvgIpc) is 2.25. The molecule has 0 aromatic carbocycles. The van der Waals surface area contributed by atoms with Crippen molar-refractivity contribution in [1.29, 1.82) is 5.41 Å². The Morgan fingerprint density at radius 2 is 2.00 bits per heavy atom. The van der Waals surface area contributed by atoms with Gasteiger partial charge in [0.2, 0.25) is 5.95 Å². The minimum atomic E-state index is -0.126. The number of aromatic nitrogens is 2. The lowest BCUT2D eigenvalue weighted by molar-refractivity contribution is 0.509. The maximum absolute atomic E-state index is 10.1. The molecule has 3 N–H and O–H groups in total. The Morgan fingerprint density at radius 3 is 2.45 bits per heavy atom. The van der Waals surface area contributed by atoms with Crippen LogP contribution in [0.5, 0.6) is 0 Å². The van der Waals surface area contributed by atoms with E-state index in [1.54, 1.807) is 13.1 Å². The van der Waals surface area contributed by atoms with Crippen LogP contribution in [0.25, 0.3) is 5.76 Å². The Hall–Kier alpha value is -1.91. The number of hydrogen-bond donors (Lipinski definition) is 3. The van der Waals surface area contributed by atoms with Crippen LogP contribution >= 0.6 is 0 Å². The summed E-state index contributed by atoms with van der Waals surface area (Å²) in [7, 11) is 0. The summed E-state index contributed by atoms with van der Waals surface area (Å²) in [5.74, 6) is 0.725. The third-order valence-corrected chi connectivity index (χ3v) is 2.48. The van der Waals surface area contributed by atoms with E-state index in [1.165, 1.54) is 6.08 Å². The maximum Gasteiger partial charge on any atom is 0.223 e. The topological polar surface area (TPSA) is 81.9 Å². The molecular weight excluding hydrogens is 252 g/mol. The van der Waals surface area contributed by atoms with Crippen molar-refractivity contribution in [1.82, 2.24) is 9.97 Å². The fourth-order valence-electron chi connectivity index (χ4n) is 1.71. The highest BCUT2D eigenvalue weighted by molar-refractivity contribution is 5.95. The van der Waals surface area contributed by atoms with Gasteiger partial charge in [-0.05, 0) is 33.6 Å². The summed E-state index contributed by atoms with van der Waals surface area (Å²) in [5, 5.41) is 20.7. The molecule has 0 saturated carbocycles. The van der Waals surface area contributed by atoms with Gasteiger partial charge in [0.25, 0.3) is 0 Å². The second-order valence-electron chi connectivity index (χ2n) is 6.23. The lowest BCUT2D eigenvalue weighted by Gasteiger charge is -2.21. The van der Waals surface area contributed by atoms with Crippen molar-refractivity contribution < 1.29 is 5.11 Å². The Balaban J connectivity index is 3.25. The molecule has 0 aliphatic carbocycles. The molecule has 0 spiro atoms. The summed E-state index contributed by atoms with van der Waals surface area (Å²) in [5.41, 5.74) is 1.50. The van der Waals surface area contributed by atoms with Crippen LogP contribution in [0.2, 0.25) is 0 Å². The van der Waals surface area contributed by atoms with Gasteiger partial charge < -0.3 is 15.8 Å². The number of nitrogens with zero attached hydrogens (tertiary/aromatic N) is 2. The summed E-state index contributed by atoms with van der Waals surface area (Å²) in [4.78, 5) is 8.73. The van der Waals surface area contributed by atoms with Crippen LogP contribution in [-0.4, -0.2) is 26.3 Å². The zero-order valence-electron chi connectivity index (χ0n) is 13.1. The first-order valence-electron chi connectivity index (χ1n) is 6.71. The van der Waals surface area contributed by atoms with Gasteiger partial charge in [-0.3, -0.25) is 0 Å². The fourth-order valence-corrected chi connectivity index (χ4v) is 1.71. The van der Waals surface area contributed by atoms with Gasteiger partial charge in [0.1, 0.15) is 5.76 Å². The molecule has 0 bridgehead atoms. The predicted octanol–water partition coefficient (Wildman–Crippen LogP) is 3.75. The highest BCUT2D eigenvalue weighted by Crippen LogP contribution is 2.24. The van der Waals surface area contributed by atoms with Gasteiger partial charge in [0.05, 0.1) is 11.3 Å². The van der Waals surface area contributed by atoms with Crippen LogP contribution in [0.15, 0.2) is 12.3 Å². The fraction of sp³-hybridized carbons (Fsp3) is 0.533. The molecule has 5 heteroatoms. The first-order valence-corrected chi connectivity index (χ1v) is 6.71. The second kappa shape index (κ2) is 6.03. The van der Waals surface area contributed by atoms with E-state index in [4.69, 9.17) is 5.41 Å². The summed E-state index contributed by atoms with van der Waals surface area (Å²) >= 11 is 0. The number of hydrogen-bond acceptors (Lipinski definition) is 5. The highest BCUT2D eigenvalue weighted by Gasteiger charge is 2.17. The molecule has 110 valence electrons. The van der Waals surface area contributed by atoms with Gasteiger partial charge in [-0.2, -0.15) is 0 Å². The average molecular weight is 276 g/mol. The van der Waals surface area contributed by atoms with Crippen molar-refractivity contribution in [2.75, 3.05) is 5.32 Å². The number of rotatable bonds is 4. The summed E-state index contributed by atoms with van der Waals surface area (Å²) in [6.45, 7) is 11.7. The molecule has 1 aromatic rings. The number of nitrogens with one attached hydrogen (secondary N) is 2. The van der Waals surface area contributed by atoms with Crippen LogP contribution in [-0.2, 0) is 0 Å². The van der Waals surface area contributed by atoms with E-state index in [1.807, 2.05) is 34.6 Å². The first-order chi connectivity index (χ1) is 9.10. The Bertz CT molecular complexity index is 527. The van der Waals surface area contributed by atoms with E-state index in [9.17, 15) is 5.11 Å². The monoisotopic (exact) mass is 276 g/mol. The van der Waals surface area contributed by atoms with Gasteiger partial charge in [0, 0.05) is 23.5 Å². The van der Waals surface area contributed by atoms with Crippen LogP contribution in [0, 0.1) is 5.41 Å². The second-order valence-corrected chi connectivity index (χ2v) is 6.23. The van der Waals surface area contributed by atoms with Gasteiger partial charge in [-0.15, -0.1) is 0 Å². The minimum Gasteiger partial charge on any atom is -0.507 e. The predicted molar refractivity (Wildman–Crippen MR) is 83.5 cm³/mol. The van der Waals surface area contributed by atoms with Crippen molar-refractivity contribution in [3.8, 4) is 0 Å². The Labute approximate surface area is 120 Å². The zero-order chi connectivity index (χ0) is 15.5. The zero-order valence-corrected chi connectivity index (χ0v) is 13.1. The van der Waals surface area contributed by atoms with Crippen molar-refractivity contribution in [2.24, 2.45) is 0 Å². The minimum absolute atomic E-state index is 0.0310. The van der Waals surface area contributed by atoms with Crippen molar-refractivity contribution in [3.05, 3.63) is 23.5 Å². The van der Waals surface area contributed by atoms with Crippen molar-refractivity contribution in [3.63, 3.8) is 0 Å². The van der Waals surface area contributed by atoms with E-state index in [-0.39, 0.29) is 22.9 Å². The third-order valence-electron chi connectivity index (χ3n) is 2.48. The molecule has 0 atom stereocenters. The lowest BCUT2D eigenvalue weighted by atomic mass is 10.0. The van der Waals surface area contributed by atoms with E-state index in [2.05, 4.69) is 15.3 Å². The van der Waals surface area contributed by atoms with Gasteiger partial charge in [-0.1, -0.05) is 13.8 Å². The van der Waals surface area contributed by atoms with Gasteiger partial charge in [-0.25, -0.2) is 9.97 Å². The number of aliphatic hydroxyl groups is 1. The van der Waals surface area contributed by atoms with Gasteiger partial charge in [0.15, 0.2) is 0 Å². The van der Waals surface area contributed by atoms with Crippen molar-refractivity contribution in [2.45, 2.75) is 53.0 Å². The normalized spacial score (nSPS) is 12.7. The standard InChI is InChI=1S/C15H24N4O/c1-9(2)13-11(12(20)7-10(3)16)8-17-14(18-13)19-15(4,5)6/h7-9,16,20H,1-6H3,(H,17,18,19)/b12-7-,16-10?. The van der Waals surface area contributed by atoms with Crippen LogP contribution in [0.4, 0.5) is 5.95 Å². The summed E-state index contributed by atoms with van der Waals surface area (Å²) in [6.07, 6.45) is 3.01. The van der Waals surface area contributed by atoms with Crippen LogP contribution in [0.1, 0.15) is 58.7 Å². The van der Waals surface area contributed by atoms with Crippen LogP contribution < -0.4 is 5.32 Å². The number of allylic oxidation sites excluding steroid dienone is 1. The molecule has 0 aliphatic rings. The highest BCUT2D eigenvalue weighted by atomic mass is 16.3. The Morgan fingerprint density at radius 1 is 1.40 bits per heavy atom. The van der Waals surface area contributed by atoms with Gasteiger partial charge >= 0.3 is 0 Å². The molecule has 0 fully saturated rings. The quantitative estimate of drug-likeness (QED) is 0.578. The number of aliphatic hydroxyl groups excluding tert-OH is 1. The lowest BCUT2D eigenvalue weighted by Crippen LogP contribution is -2.27. The van der Waals surface area contributed by atoms with Crippen LogP contribution in [0.3, 0.4) is 0 Å². The molecular formula is C15H24N4O. The molecule has 1 heterocycles. The number of anilines is 1.